The smallest absolute Gasteiger partial charge is 0.278 e. The average Bonchev–Trinajstić information content (AvgIpc) is 3.22. The van der Waals surface area contributed by atoms with Crippen LogP contribution in [-0.4, -0.2) is 34.3 Å². The van der Waals surface area contributed by atoms with E-state index < -0.39 is 28.8 Å². The van der Waals surface area contributed by atoms with Gasteiger partial charge in [0.15, 0.2) is 5.78 Å². The number of benzene rings is 2. The zero-order chi connectivity index (χ0) is 20.0. The van der Waals surface area contributed by atoms with Gasteiger partial charge in [0, 0.05) is 23.3 Å². The lowest BCUT2D eigenvalue weighted by Crippen LogP contribution is -2.33. The first-order valence-electron chi connectivity index (χ1n) is 8.36. The molecule has 0 unspecified atom stereocenters. The second-order valence-corrected chi connectivity index (χ2v) is 6.40. The summed E-state index contributed by atoms with van der Waals surface area (Å²) in [7, 11) is 0. The van der Waals surface area contributed by atoms with Gasteiger partial charge in [-0.3, -0.25) is 24.5 Å². The summed E-state index contributed by atoms with van der Waals surface area (Å²) in [5.41, 5.74) is 1.42. The molecule has 2 aliphatic heterocycles. The summed E-state index contributed by atoms with van der Waals surface area (Å²) < 4.78 is 0. The van der Waals surface area contributed by atoms with Gasteiger partial charge in [0.2, 0.25) is 12.0 Å². The molecule has 0 spiro atoms. The molecule has 2 aromatic rings. The molecule has 1 fully saturated rings. The number of non-ortho nitro benzene ring substituents is 1. The number of ketones is 1. The lowest BCUT2D eigenvalue weighted by atomic mass is 9.94. The summed E-state index contributed by atoms with van der Waals surface area (Å²) in [5.74, 6) is -2.11. The van der Waals surface area contributed by atoms with E-state index in [2.05, 4.69) is 5.16 Å². The minimum absolute atomic E-state index is 0.0965. The molecule has 2 heterocycles. The monoisotopic (exact) mass is 379 g/mol. The molecule has 9 heteroatoms. The average molecular weight is 379 g/mol. The Bertz CT molecular complexity index is 1040. The van der Waals surface area contributed by atoms with Crippen molar-refractivity contribution in [2.24, 2.45) is 11.1 Å². The van der Waals surface area contributed by atoms with Crippen LogP contribution < -0.4 is 4.90 Å². The van der Waals surface area contributed by atoms with Crippen molar-refractivity contribution in [1.29, 1.82) is 0 Å². The molecule has 140 valence electrons. The van der Waals surface area contributed by atoms with E-state index in [1.54, 1.807) is 12.1 Å². The first-order valence-corrected chi connectivity index (χ1v) is 8.36. The number of Topliss-reactive ketones (excluding diaryl/α,β-unsaturated/α-hetero) is 1. The quantitative estimate of drug-likeness (QED) is 0.347. The molecular formula is C19H13N3O6. The Balaban J connectivity index is 1.64. The predicted octanol–water partition coefficient (Wildman–Crippen LogP) is 2.09. The van der Waals surface area contributed by atoms with Crippen LogP contribution in [0.5, 0.6) is 0 Å². The molecular weight excluding hydrogens is 366 g/mol. The van der Waals surface area contributed by atoms with Crippen molar-refractivity contribution in [3.05, 3.63) is 69.8 Å². The van der Waals surface area contributed by atoms with Crippen LogP contribution in [0.4, 0.5) is 11.4 Å². The Morgan fingerprint density at radius 3 is 2.29 bits per heavy atom. The van der Waals surface area contributed by atoms with Gasteiger partial charge in [-0.05, 0) is 43.3 Å². The van der Waals surface area contributed by atoms with Gasteiger partial charge in [0.25, 0.3) is 11.6 Å². The Morgan fingerprint density at radius 1 is 1.07 bits per heavy atom. The zero-order valence-electron chi connectivity index (χ0n) is 14.6. The molecule has 0 N–H and O–H groups in total. The normalized spacial score (nSPS) is 20.6. The number of hydrogen-bond donors (Lipinski definition) is 0. The fourth-order valence-corrected chi connectivity index (χ4v) is 3.27. The van der Waals surface area contributed by atoms with E-state index in [0.717, 1.165) is 4.90 Å². The van der Waals surface area contributed by atoms with E-state index >= 15 is 0 Å². The first-order chi connectivity index (χ1) is 13.4. The van der Waals surface area contributed by atoms with Crippen molar-refractivity contribution in [2.45, 2.75) is 13.0 Å². The van der Waals surface area contributed by atoms with E-state index in [-0.39, 0.29) is 17.2 Å². The highest BCUT2D eigenvalue weighted by atomic mass is 16.7. The number of nitro groups is 1. The molecule has 28 heavy (non-hydrogen) atoms. The zero-order valence-corrected chi connectivity index (χ0v) is 14.6. The number of carbonyl (C=O) groups excluding carboxylic acids is 3. The van der Waals surface area contributed by atoms with E-state index in [1.165, 1.54) is 43.3 Å². The number of oxime groups is 1. The molecule has 0 saturated carbocycles. The highest BCUT2D eigenvalue weighted by Crippen LogP contribution is 2.35. The summed E-state index contributed by atoms with van der Waals surface area (Å²) in [5, 5.41) is 14.7. The summed E-state index contributed by atoms with van der Waals surface area (Å²) in [6.07, 6.45) is -1.08. The Kier molecular flexibility index (Phi) is 3.99. The minimum atomic E-state index is -1.08. The van der Waals surface area contributed by atoms with Gasteiger partial charge in [-0.2, -0.15) is 0 Å². The van der Waals surface area contributed by atoms with Crippen LogP contribution in [0, 0.1) is 16.0 Å². The molecule has 2 aromatic carbocycles. The van der Waals surface area contributed by atoms with Crippen molar-refractivity contribution in [3.8, 4) is 0 Å². The maximum atomic E-state index is 12.9. The predicted molar refractivity (Wildman–Crippen MR) is 96.9 cm³/mol. The Morgan fingerprint density at radius 2 is 1.71 bits per heavy atom. The Hall–Kier alpha value is -3.88. The van der Waals surface area contributed by atoms with Crippen LogP contribution in [0.3, 0.4) is 0 Å². The van der Waals surface area contributed by atoms with Crippen LogP contribution in [0.15, 0.2) is 53.7 Å². The molecule has 0 aromatic heterocycles. The number of carbonyl (C=O) groups is 3. The SMILES string of the molecule is CC(=O)c1ccc(N2C(=O)[C@@H]3C(c4ccc([N+](=O)[O-])cc4)=NO[C@H]3C2=O)cc1. The second-order valence-electron chi connectivity index (χ2n) is 6.40. The standard InChI is InChI=1S/C19H13N3O6/c1-10(23)11-2-6-13(7-3-11)21-18(24)15-16(20-28-17(15)19(21)25)12-4-8-14(9-5-12)22(26)27/h2-9,15,17H,1H3/t15-,17-/m1/s1. The van der Waals surface area contributed by atoms with E-state index in [9.17, 15) is 24.5 Å². The molecule has 0 bridgehead atoms. The van der Waals surface area contributed by atoms with Crippen molar-refractivity contribution >= 4 is 34.7 Å². The molecule has 2 amide bonds. The van der Waals surface area contributed by atoms with Crippen molar-refractivity contribution < 1.29 is 24.1 Å². The third kappa shape index (κ3) is 2.64. The number of fused-ring (bicyclic) bond motifs is 1. The van der Waals surface area contributed by atoms with Gasteiger partial charge in [-0.25, -0.2) is 4.90 Å². The van der Waals surface area contributed by atoms with Crippen LogP contribution >= 0.6 is 0 Å². The molecule has 0 radical (unpaired) electrons. The highest BCUT2D eigenvalue weighted by Gasteiger charge is 2.56. The molecule has 2 aliphatic rings. The molecule has 2 atom stereocenters. The summed E-state index contributed by atoms with van der Waals surface area (Å²) in [4.78, 5) is 53.5. The summed E-state index contributed by atoms with van der Waals surface area (Å²) in [6, 6.07) is 11.6. The molecule has 1 saturated heterocycles. The molecule has 9 nitrogen and oxygen atoms in total. The van der Waals surface area contributed by atoms with Crippen LogP contribution in [0.1, 0.15) is 22.8 Å². The van der Waals surface area contributed by atoms with E-state index in [4.69, 9.17) is 4.84 Å². The van der Waals surface area contributed by atoms with Crippen molar-refractivity contribution in [2.75, 3.05) is 4.90 Å². The maximum absolute atomic E-state index is 12.9. The Labute approximate surface area is 158 Å². The van der Waals surface area contributed by atoms with E-state index in [1.807, 2.05) is 0 Å². The maximum Gasteiger partial charge on any atom is 0.278 e. The number of nitro benzene ring substituents is 1. The third-order valence-electron chi connectivity index (χ3n) is 4.72. The van der Waals surface area contributed by atoms with Gasteiger partial charge in [-0.1, -0.05) is 5.16 Å². The fourth-order valence-electron chi connectivity index (χ4n) is 3.27. The lowest BCUT2D eigenvalue weighted by molar-refractivity contribution is -0.384. The molecule has 4 rings (SSSR count). The molecule has 0 aliphatic carbocycles. The lowest BCUT2D eigenvalue weighted by Gasteiger charge is -2.15. The topological polar surface area (TPSA) is 119 Å². The third-order valence-corrected chi connectivity index (χ3v) is 4.72. The highest BCUT2D eigenvalue weighted by molar-refractivity contribution is 6.32. The number of hydrogen-bond acceptors (Lipinski definition) is 7. The van der Waals surface area contributed by atoms with Crippen LogP contribution in [0.25, 0.3) is 0 Å². The van der Waals surface area contributed by atoms with Crippen LogP contribution in [0.2, 0.25) is 0 Å². The number of imide groups is 1. The minimum Gasteiger partial charge on any atom is -0.381 e. The number of rotatable bonds is 4. The van der Waals surface area contributed by atoms with Crippen LogP contribution in [-0.2, 0) is 14.4 Å². The summed E-state index contributed by atoms with van der Waals surface area (Å²) in [6.45, 7) is 1.42. The largest absolute Gasteiger partial charge is 0.381 e. The van der Waals surface area contributed by atoms with Gasteiger partial charge in [-0.15, -0.1) is 0 Å². The summed E-state index contributed by atoms with van der Waals surface area (Å²) >= 11 is 0. The van der Waals surface area contributed by atoms with Crippen molar-refractivity contribution in [3.63, 3.8) is 0 Å². The van der Waals surface area contributed by atoms with Gasteiger partial charge in [0.05, 0.1) is 10.6 Å². The van der Waals surface area contributed by atoms with Gasteiger partial charge < -0.3 is 4.84 Å². The first kappa shape index (κ1) is 17.5. The van der Waals surface area contributed by atoms with Gasteiger partial charge >= 0.3 is 0 Å². The fraction of sp³-hybridized carbons (Fsp3) is 0.158. The number of anilines is 1. The van der Waals surface area contributed by atoms with Gasteiger partial charge in [0.1, 0.15) is 11.6 Å². The number of nitrogens with zero attached hydrogens (tertiary/aromatic N) is 3. The van der Waals surface area contributed by atoms with E-state index in [0.29, 0.717) is 16.8 Å². The van der Waals surface area contributed by atoms with Crippen molar-refractivity contribution in [1.82, 2.24) is 0 Å². The number of amides is 2. The second kappa shape index (κ2) is 6.38.